The topological polar surface area (TPSA) is 243 Å². The number of rotatable bonds is 9. The van der Waals surface area contributed by atoms with Gasteiger partial charge in [-0.25, -0.2) is 9.59 Å². The van der Waals surface area contributed by atoms with E-state index in [1.165, 1.54) is 25.6 Å². The molecule has 3 aromatic rings. The Morgan fingerprint density at radius 1 is 1.33 bits per heavy atom. The van der Waals surface area contributed by atoms with E-state index in [9.17, 15) is 29.4 Å². The van der Waals surface area contributed by atoms with Gasteiger partial charge < -0.3 is 36.8 Å². The number of carboxylic acid groups (broad SMARTS) is 2. The number of thioether (sulfide) groups is 1. The lowest BCUT2D eigenvalue weighted by Gasteiger charge is -2.49. The smallest absolute Gasteiger partial charge is 0.352 e. The standard InChI is InChI=1S/C24H25N9O7S2/c1-9-14-11(27-16(9)25)5-4-6-32(14)7-10-8-41-20-13(19(35)33(20)15(10)21(36)37)28-18(34)12(17-29-23(26)42-31-17)30-40-24(2,3)22(38)39/h4-6,13,20H,7-8H2,1-3H3,(H7,25,26,27,28,29,31,34,36,37,38,39)/p+1. The summed E-state index contributed by atoms with van der Waals surface area (Å²) in [5.41, 5.74) is 12.2. The third kappa shape index (κ3) is 4.98. The van der Waals surface area contributed by atoms with Crippen LogP contribution in [0.1, 0.15) is 25.2 Å². The maximum absolute atomic E-state index is 13.3. The van der Waals surface area contributed by atoms with Gasteiger partial charge in [0.05, 0.1) is 5.56 Å². The molecule has 1 saturated heterocycles. The number of oxime groups is 1. The number of amides is 2. The van der Waals surface area contributed by atoms with E-state index in [0.717, 1.165) is 33.0 Å². The van der Waals surface area contributed by atoms with Crippen LogP contribution in [0.3, 0.4) is 0 Å². The monoisotopic (exact) mass is 616 g/mol. The van der Waals surface area contributed by atoms with Gasteiger partial charge in [0.25, 0.3) is 11.8 Å². The molecule has 2 unspecified atom stereocenters. The summed E-state index contributed by atoms with van der Waals surface area (Å²) in [4.78, 5) is 63.5. The van der Waals surface area contributed by atoms with Gasteiger partial charge >= 0.3 is 11.9 Å². The third-order valence-corrected chi connectivity index (χ3v) is 8.63. The number of nitrogens with one attached hydrogen (secondary N) is 2. The molecule has 8 N–H and O–H groups in total. The van der Waals surface area contributed by atoms with E-state index in [0.29, 0.717) is 11.4 Å². The number of hydrogen-bond acceptors (Lipinski definition) is 12. The first-order valence-corrected chi connectivity index (χ1v) is 14.2. The van der Waals surface area contributed by atoms with E-state index in [1.54, 1.807) is 6.20 Å². The molecule has 2 amide bonds. The van der Waals surface area contributed by atoms with E-state index in [2.05, 4.69) is 24.8 Å². The Kier molecular flexibility index (Phi) is 7.27. The van der Waals surface area contributed by atoms with Gasteiger partial charge in [-0.05, 0) is 26.8 Å². The first-order valence-electron chi connectivity index (χ1n) is 12.4. The number of aromatic nitrogens is 4. The molecular weight excluding hydrogens is 590 g/mol. The zero-order valence-electron chi connectivity index (χ0n) is 22.4. The maximum atomic E-state index is 13.3. The van der Waals surface area contributed by atoms with Crippen LogP contribution in [-0.4, -0.2) is 81.7 Å². The molecule has 0 saturated carbocycles. The number of carbonyl (C=O) groups is 4. The first-order chi connectivity index (χ1) is 19.8. The van der Waals surface area contributed by atoms with Crippen LogP contribution in [0.15, 0.2) is 34.8 Å². The summed E-state index contributed by atoms with van der Waals surface area (Å²) in [5, 5.41) is 24.9. The molecule has 0 radical (unpaired) electrons. The molecule has 5 rings (SSSR count). The Morgan fingerprint density at radius 3 is 2.71 bits per heavy atom. The minimum Gasteiger partial charge on any atom is -0.478 e. The Hall–Kier alpha value is -4.71. The quantitative estimate of drug-likeness (QED) is 0.0792. The summed E-state index contributed by atoms with van der Waals surface area (Å²) < 4.78 is 5.81. The van der Waals surface area contributed by atoms with E-state index in [-0.39, 0.29) is 29.0 Å². The Labute approximate surface area is 245 Å². The highest BCUT2D eigenvalue weighted by molar-refractivity contribution is 8.00. The van der Waals surface area contributed by atoms with Crippen LogP contribution < -0.4 is 21.4 Å². The number of carbonyl (C=O) groups excluding carboxylic acids is 2. The minimum atomic E-state index is -1.79. The molecule has 42 heavy (non-hydrogen) atoms. The third-order valence-electron chi connectivity index (χ3n) is 6.75. The van der Waals surface area contributed by atoms with Crippen LogP contribution in [-0.2, 0) is 30.6 Å². The number of nitrogen functional groups attached to an aromatic ring is 2. The molecule has 18 heteroatoms. The Morgan fingerprint density at radius 2 is 2.07 bits per heavy atom. The SMILES string of the molecule is Cc1c(N)[nH]c2ccc[n+](CC3=C(C(=O)O)N4C(=O)C(NC(=O)C(=NOC(C)(C)C(=O)O)c5nsc(N)n5)C4SC3)c12. The minimum absolute atomic E-state index is 0.0200. The van der Waals surface area contributed by atoms with Gasteiger partial charge in [0.1, 0.15) is 28.4 Å². The molecule has 0 aromatic carbocycles. The molecule has 2 aliphatic rings. The number of aryl methyl sites for hydroxylation is 1. The van der Waals surface area contributed by atoms with E-state index in [4.69, 9.17) is 16.3 Å². The van der Waals surface area contributed by atoms with Crippen molar-refractivity contribution in [3.8, 4) is 0 Å². The van der Waals surface area contributed by atoms with Crippen LogP contribution in [0.5, 0.6) is 0 Å². The fourth-order valence-electron chi connectivity index (χ4n) is 4.50. The van der Waals surface area contributed by atoms with Gasteiger partial charge in [-0.3, -0.25) is 14.5 Å². The van der Waals surface area contributed by atoms with Gasteiger partial charge in [-0.15, -0.1) is 11.8 Å². The van der Waals surface area contributed by atoms with Crippen LogP contribution in [0.25, 0.3) is 11.0 Å². The van der Waals surface area contributed by atoms with Gasteiger partial charge in [-0.2, -0.15) is 13.9 Å². The van der Waals surface area contributed by atoms with Gasteiger partial charge in [0.2, 0.25) is 22.7 Å². The molecule has 1 fully saturated rings. The summed E-state index contributed by atoms with van der Waals surface area (Å²) in [5.74, 6) is -3.64. The second kappa shape index (κ2) is 10.6. The molecular formula is C24H26N9O7S2+. The molecule has 3 aromatic heterocycles. The Balaban J connectivity index is 1.40. The molecule has 5 heterocycles. The highest BCUT2D eigenvalue weighted by Crippen LogP contribution is 2.40. The molecule has 220 valence electrons. The van der Waals surface area contributed by atoms with Crippen molar-refractivity contribution in [1.29, 1.82) is 0 Å². The van der Waals surface area contributed by atoms with E-state index in [1.807, 2.05) is 23.6 Å². The van der Waals surface area contributed by atoms with Crippen molar-refractivity contribution in [3.63, 3.8) is 0 Å². The number of aromatic amines is 1. The zero-order valence-corrected chi connectivity index (χ0v) is 24.1. The predicted molar refractivity (Wildman–Crippen MR) is 151 cm³/mol. The largest absolute Gasteiger partial charge is 0.478 e. The van der Waals surface area contributed by atoms with Crippen molar-refractivity contribution >= 4 is 74.7 Å². The Bertz CT molecular complexity index is 1710. The summed E-state index contributed by atoms with van der Waals surface area (Å²) in [6.07, 6.45) is 1.81. The van der Waals surface area contributed by atoms with Crippen LogP contribution >= 0.6 is 23.3 Å². The van der Waals surface area contributed by atoms with E-state index < -0.39 is 46.5 Å². The fourth-order valence-corrected chi connectivity index (χ4v) is 6.27. The summed E-state index contributed by atoms with van der Waals surface area (Å²) in [6, 6.07) is 2.57. The summed E-state index contributed by atoms with van der Waals surface area (Å²) in [7, 11) is 0. The average molecular weight is 617 g/mol. The highest BCUT2D eigenvalue weighted by Gasteiger charge is 2.55. The van der Waals surface area contributed by atoms with Gasteiger partial charge in [-0.1, -0.05) is 5.16 Å². The lowest BCUT2D eigenvalue weighted by molar-refractivity contribution is -0.663. The van der Waals surface area contributed by atoms with Crippen LogP contribution in [0.2, 0.25) is 0 Å². The number of anilines is 2. The lowest BCUT2D eigenvalue weighted by Crippen LogP contribution is -2.71. The molecule has 0 spiro atoms. The second-order valence-electron chi connectivity index (χ2n) is 9.98. The predicted octanol–water partition coefficient (Wildman–Crippen LogP) is -0.198. The molecule has 2 aliphatic heterocycles. The lowest BCUT2D eigenvalue weighted by atomic mass is 10.0. The maximum Gasteiger partial charge on any atom is 0.352 e. The fraction of sp³-hybridized carbons (Fsp3) is 0.333. The number of nitrogens with zero attached hydrogens (tertiary/aromatic N) is 5. The summed E-state index contributed by atoms with van der Waals surface area (Å²) >= 11 is 2.07. The number of β-lactam (4-membered cyclic amide) rings is 1. The van der Waals surface area contributed by atoms with E-state index >= 15 is 0 Å². The second-order valence-corrected chi connectivity index (χ2v) is 11.9. The number of carboxylic acids is 2. The van der Waals surface area contributed by atoms with Gasteiger partial charge in [0, 0.05) is 28.9 Å². The molecule has 2 atom stereocenters. The van der Waals surface area contributed by atoms with Crippen molar-refractivity contribution in [2.45, 2.75) is 44.3 Å². The number of H-pyrrole nitrogens is 1. The van der Waals surface area contributed by atoms with Crippen molar-refractivity contribution in [2.75, 3.05) is 17.2 Å². The van der Waals surface area contributed by atoms with Crippen molar-refractivity contribution in [3.05, 3.63) is 41.0 Å². The molecule has 0 aliphatic carbocycles. The number of hydrogen-bond donors (Lipinski definition) is 6. The first kappa shape index (κ1) is 28.8. The zero-order chi connectivity index (χ0) is 30.5. The number of aliphatic carboxylic acids is 2. The number of pyridine rings is 1. The molecule has 0 bridgehead atoms. The van der Waals surface area contributed by atoms with Gasteiger partial charge in [0.15, 0.2) is 17.9 Å². The number of nitrogens with two attached hydrogens (primary N) is 2. The van der Waals surface area contributed by atoms with Crippen LogP contribution in [0.4, 0.5) is 10.9 Å². The van der Waals surface area contributed by atoms with Crippen molar-refractivity contribution < 1.29 is 38.8 Å². The average Bonchev–Trinajstić information content (AvgIpc) is 3.49. The molecule has 16 nitrogen and oxygen atoms in total. The summed E-state index contributed by atoms with van der Waals surface area (Å²) in [6.45, 7) is 4.51. The van der Waals surface area contributed by atoms with Crippen LogP contribution in [0, 0.1) is 6.92 Å². The highest BCUT2D eigenvalue weighted by atomic mass is 32.2. The van der Waals surface area contributed by atoms with Crippen molar-refractivity contribution in [1.82, 2.24) is 24.6 Å². The van der Waals surface area contributed by atoms with Crippen molar-refractivity contribution in [2.24, 2.45) is 5.16 Å². The number of fused-ring (bicyclic) bond motifs is 2. The normalized spacial score (nSPS) is 19.0.